The third-order valence-corrected chi connectivity index (χ3v) is 5.74. The van der Waals surface area contributed by atoms with Crippen LogP contribution in [0.5, 0.6) is 0 Å². The van der Waals surface area contributed by atoms with E-state index in [0.717, 1.165) is 17.0 Å². The van der Waals surface area contributed by atoms with Crippen molar-refractivity contribution in [2.45, 2.75) is 26.7 Å². The summed E-state index contributed by atoms with van der Waals surface area (Å²) >= 11 is 0. The summed E-state index contributed by atoms with van der Waals surface area (Å²) in [5.41, 5.74) is 3.21. The molecule has 2 heterocycles. The first kappa shape index (κ1) is 22.9. The van der Waals surface area contributed by atoms with Gasteiger partial charge in [0.2, 0.25) is 0 Å². The van der Waals surface area contributed by atoms with Crippen LogP contribution in [0.25, 0.3) is 23.0 Å². The van der Waals surface area contributed by atoms with Crippen molar-refractivity contribution in [3.63, 3.8) is 0 Å². The van der Waals surface area contributed by atoms with Gasteiger partial charge in [0.25, 0.3) is 11.8 Å². The van der Waals surface area contributed by atoms with Crippen LogP contribution in [0.3, 0.4) is 0 Å². The Bertz CT molecular complexity index is 1350. The van der Waals surface area contributed by atoms with Gasteiger partial charge in [-0.2, -0.15) is 10.4 Å². The molecule has 34 heavy (non-hydrogen) atoms. The van der Waals surface area contributed by atoms with E-state index in [-0.39, 0.29) is 23.5 Å². The Labute approximate surface area is 197 Å². The van der Waals surface area contributed by atoms with Gasteiger partial charge < -0.3 is 0 Å². The Hall–Kier alpha value is -4.31. The molecular weight excluding hydrogens is 431 g/mol. The number of nitriles is 1. The molecule has 4 rings (SSSR count). The van der Waals surface area contributed by atoms with Gasteiger partial charge in [-0.15, -0.1) is 0 Å². The van der Waals surface area contributed by atoms with Crippen LogP contribution in [-0.4, -0.2) is 33.0 Å². The van der Waals surface area contributed by atoms with Crippen LogP contribution >= 0.6 is 0 Å². The van der Waals surface area contributed by atoms with Gasteiger partial charge in [-0.05, 0) is 61.4 Å². The zero-order valence-corrected chi connectivity index (χ0v) is 19.0. The van der Waals surface area contributed by atoms with Crippen LogP contribution in [0, 0.1) is 17.1 Å². The van der Waals surface area contributed by atoms with E-state index in [1.54, 1.807) is 36.0 Å². The Balaban J connectivity index is 1.89. The maximum absolute atomic E-state index is 13.6. The molecule has 0 bridgehead atoms. The van der Waals surface area contributed by atoms with Gasteiger partial charge in [0.05, 0.1) is 11.4 Å². The van der Waals surface area contributed by atoms with E-state index in [4.69, 9.17) is 5.10 Å². The fraction of sp³-hybridized carbons (Fsp3) is 0.185. The molecule has 7 heteroatoms. The molecular formula is C27H23FN4O2. The number of hydrogen-bond donors (Lipinski definition) is 0. The number of carbonyl (C=O) groups excluding carboxylic acids is 2. The molecule has 0 radical (unpaired) electrons. The Morgan fingerprint density at radius 2 is 1.76 bits per heavy atom. The lowest BCUT2D eigenvalue weighted by atomic mass is 9.93. The molecule has 2 aromatic carbocycles. The van der Waals surface area contributed by atoms with E-state index in [1.165, 1.54) is 12.1 Å². The minimum atomic E-state index is -0.561. The first-order chi connectivity index (χ1) is 16.4. The van der Waals surface area contributed by atoms with Crippen LogP contribution in [0.2, 0.25) is 0 Å². The molecule has 1 aliphatic rings. The molecule has 3 aromatic rings. The standard InChI is InChI=1S/C27H23FN4O2/c1-3-4-14-31-26(33)23(18(2)24(16-29)27(31)34)15-20-17-32(22-8-6-5-7-9-22)30-25(20)19-10-12-21(28)13-11-19/h5-13,15,17H,3-4,14H2,1-2H3/b23-15+. The first-order valence-electron chi connectivity index (χ1n) is 11.0. The van der Waals surface area contributed by atoms with Gasteiger partial charge >= 0.3 is 0 Å². The number of aromatic nitrogens is 2. The SMILES string of the molecule is CCCCN1C(=O)C(C#N)=C(C)/C(=C\c2cn(-c3ccccc3)nc2-c2ccc(F)cc2)C1=O. The highest BCUT2D eigenvalue weighted by Crippen LogP contribution is 2.31. The summed E-state index contributed by atoms with van der Waals surface area (Å²) in [7, 11) is 0. The summed E-state index contributed by atoms with van der Waals surface area (Å²) in [6.07, 6.45) is 4.89. The minimum Gasteiger partial charge on any atom is -0.274 e. The maximum atomic E-state index is 13.6. The van der Waals surface area contributed by atoms with Gasteiger partial charge in [-0.1, -0.05) is 31.5 Å². The molecule has 0 aliphatic carbocycles. The predicted molar refractivity (Wildman–Crippen MR) is 127 cm³/mol. The van der Waals surface area contributed by atoms with Crippen LogP contribution in [0.4, 0.5) is 4.39 Å². The summed E-state index contributed by atoms with van der Waals surface area (Å²) in [6, 6.07) is 17.4. The monoisotopic (exact) mass is 454 g/mol. The zero-order chi connectivity index (χ0) is 24.2. The van der Waals surface area contributed by atoms with Gasteiger partial charge in [-0.25, -0.2) is 9.07 Å². The molecule has 170 valence electrons. The molecule has 0 atom stereocenters. The van der Waals surface area contributed by atoms with Gasteiger partial charge in [0.1, 0.15) is 17.5 Å². The van der Waals surface area contributed by atoms with Crippen molar-refractivity contribution in [2.75, 3.05) is 6.54 Å². The fourth-order valence-electron chi connectivity index (χ4n) is 3.84. The van der Waals surface area contributed by atoms with Crippen molar-refractivity contribution in [1.29, 1.82) is 5.26 Å². The van der Waals surface area contributed by atoms with Gasteiger partial charge in [0.15, 0.2) is 0 Å². The van der Waals surface area contributed by atoms with Crippen LogP contribution in [0.15, 0.2) is 77.5 Å². The van der Waals surface area contributed by atoms with Crippen molar-refractivity contribution in [2.24, 2.45) is 0 Å². The highest BCUT2D eigenvalue weighted by molar-refractivity contribution is 6.19. The summed E-state index contributed by atoms with van der Waals surface area (Å²) in [5.74, 6) is -1.36. The molecule has 1 aromatic heterocycles. The van der Waals surface area contributed by atoms with E-state index in [1.807, 2.05) is 43.3 Å². The highest BCUT2D eigenvalue weighted by Gasteiger charge is 2.35. The number of rotatable bonds is 6. The summed E-state index contributed by atoms with van der Waals surface area (Å²) in [6.45, 7) is 3.82. The summed E-state index contributed by atoms with van der Waals surface area (Å²) < 4.78 is 15.2. The van der Waals surface area contributed by atoms with Crippen LogP contribution in [-0.2, 0) is 9.59 Å². The first-order valence-corrected chi connectivity index (χ1v) is 11.0. The number of nitrogens with zero attached hydrogens (tertiary/aromatic N) is 4. The Morgan fingerprint density at radius 1 is 1.06 bits per heavy atom. The van der Waals surface area contributed by atoms with E-state index in [0.29, 0.717) is 28.8 Å². The van der Waals surface area contributed by atoms with Crippen molar-refractivity contribution < 1.29 is 14.0 Å². The second-order valence-electron chi connectivity index (χ2n) is 8.01. The maximum Gasteiger partial charge on any atom is 0.271 e. The van der Waals surface area contributed by atoms with Gasteiger partial charge in [-0.3, -0.25) is 14.5 Å². The number of imide groups is 1. The summed E-state index contributed by atoms with van der Waals surface area (Å²) in [5, 5.41) is 14.3. The van der Waals surface area contributed by atoms with E-state index < -0.39 is 11.8 Å². The lowest BCUT2D eigenvalue weighted by Crippen LogP contribution is -2.43. The third kappa shape index (κ3) is 4.30. The topological polar surface area (TPSA) is 79.0 Å². The summed E-state index contributed by atoms with van der Waals surface area (Å²) in [4.78, 5) is 27.2. The number of amides is 2. The molecule has 0 saturated carbocycles. The average molecular weight is 455 g/mol. The third-order valence-electron chi connectivity index (χ3n) is 5.74. The second kappa shape index (κ2) is 9.67. The molecule has 0 N–H and O–H groups in total. The highest BCUT2D eigenvalue weighted by atomic mass is 19.1. The molecule has 6 nitrogen and oxygen atoms in total. The minimum absolute atomic E-state index is 0.0410. The van der Waals surface area contributed by atoms with Crippen LogP contribution < -0.4 is 0 Å². The largest absolute Gasteiger partial charge is 0.274 e. The van der Waals surface area contributed by atoms with Gasteiger partial charge in [0, 0.05) is 29.4 Å². The second-order valence-corrected chi connectivity index (χ2v) is 8.01. The van der Waals surface area contributed by atoms with Crippen molar-refractivity contribution >= 4 is 17.9 Å². The molecule has 2 amide bonds. The molecule has 0 saturated heterocycles. The fourth-order valence-corrected chi connectivity index (χ4v) is 3.84. The van der Waals surface area contributed by atoms with Crippen molar-refractivity contribution in [1.82, 2.24) is 14.7 Å². The van der Waals surface area contributed by atoms with E-state index in [9.17, 15) is 19.2 Å². The molecule has 1 aliphatic heterocycles. The zero-order valence-electron chi connectivity index (χ0n) is 19.0. The van der Waals surface area contributed by atoms with E-state index >= 15 is 0 Å². The number of carbonyl (C=O) groups is 2. The Morgan fingerprint density at radius 3 is 2.41 bits per heavy atom. The number of hydrogen-bond acceptors (Lipinski definition) is 4. The Kier molecular flexibility index (Phi) is 6.51. The number of unbranched alkanes of at least 4 members (excludes halogenated alkanes) is 1. The molecule has 0 spiro atoms. The van der Waals surface area contributed by atoms with Crippen LogP contribution in [0.1, 0.15) is 32.3 Å². The average Bonchev–Trinajstić information content (AvgIpc) is 3.27. The van der Waals surface area contributed by atoms with E-state index in [2.05, 4.69) is 0 Å². The smallest absolute Gasteiger partial charge is 0.271 e. The lowest BCUT2D eigenvalue weighted by molar-refractivity contribution is -0.140. The molecule has 0 fully saturated rings. The predicted octanol–water partition coefficient (Wildman–Crippen LogP) is 5.07. The lowest BCUT2D eigenvalue weighted by Gasteiger charge is -2.27. The number of halogens is 1. The normalized spacial score (nSPS) is 15.2. The number of benzene rings is 2. The number of para-hydroxylation sites is 1. The van der Waals surface area contributed by atoms with Crippen molar-refractivity contribution in [3.05, 3.63) is 88.9 Å². The quantitative estimate of drug-likeness (QED) is 0.385. The van der Waals surface area contributed by atoms with Crippen molar-refractivity contribution in [3.8, 4) is 23.0 Å². The molecule has 0 unspecified atom stereocenters.